The fourth-order valence-electron chi connectivity index (χ4n) is 4.29. The average Bonchev–Trinajstić information content (AvgIpc) is 2.86. The Kier molecular flexibility index (Phi) is 8.11. The van der Waals surface area contributed by atoms with Crippen molar-refractivity contribution < 1.29 is 33.6 Å². The molecule has 1 N–H and O–H groups in total. The van der Waals surface area contributed by atoms with Crippen molar-refractivity contribution >= 4 is 35.4 Å². The van der Waals surface area contributed by atoms with Crippen molar-refractivity contribution in [3.8, 4) is 0 Å². The number of likely N-dealkylation sites (N-methyl/N-ethyl adjacent to an activating group) is 2. The highest BCUT2D eigenvalue weighted by molar-refractivity contribution is 6.31. The normalized spacial score (nSPS) is 18.5. The van der Waals surface area contributed by atoms with Crippen molar-refractivity contribution in [1.29, 1.82) is 0 Å². The van der Waals surface area contributed by atoms with Gasteiger partial charge in [-0.1, -0.05) is 29.8 Å². The van der Waals surface area contributed by atoms with Gasteiger partial charge in [-0.3, -0.25) is 14.5 Å². The first-order valence-electron chi connectivity index (χ1n) is 11.3. The minimum absolute atomic E-state index is 0.0906. The molecule has 1 saturated carbocycles. The predicted molar refractivity (Wildman–Crippen MR) is 127 cm³/mol. The molecule has 1 heterocycles. The summed E-state index contributed by atoms with van der Waals surface area (Å²) in [5, 5.41) is 9.56. The molecule has 2 atom stereocenters. The van der Waals surface area contributed by atoms with Gasteiger partial charge in [0.1, 0.15) is 17.1 Å². The number of carboxylic acid groups (broad SMARTS) is 1. The van der Waals surface area contributed by atoms with E-state index in [9.17, 15) is 19.2 Å². The summed E-state index contributed by atoms with van der Waals surface area (Å²) in [6, 6.07) is 9.14. The van der Waals surface area contributed by atoms with Gasteiger partial charge in [0.2, 0.25) is 0 Å². The molecule has 1 aliphatic rings. The van der Waals surface area contributed by atoms with Crippen molar-refractivity contribution in [3.05, 3.63) is 64.9 Å². The predicted octanol–water partition coefficient (Wildman–Crippen LogP) is 3.24. The lowest BCUT2D eigenvalue weighted by atomic mass is 9.74. The summed E-state index contributed by atoms with van der Waals surface area (Å²) in [4.78, 5) is 52.5. The summed E-state index contributed by atoms with van der Waals surface area (Å²) >= 11 is 6.44. The van der Waals surface area contributed by atoms with Crippen LogP contribution in [-0.2, 0) is 26.6 Å². The maximum atomic E-state index is 13.2. The second-order valence-corrected chi connectivity index (χ2v) is 9.01. The fourth-order valence-corrected chi connectivity index (χ4v) is 4.58. The molecule has 1 unspecified atom stereocenters. The molecule has 2 aromatic rings. The smallest absolute Gasteiger partial charge is 0.415 e. The molecule has 9 nitrogen and oxygen atoms in total. The summed E-state index contributed by atoms with van der Waals surface area (Å²) < 4.78 is 6.98. The van der Waals surface area contributed by atoms with Gasteiger partial charge in [0.15, 0.2) is 18.2 Å². The zero-order valence-corrected chi connectivity index (χ0v) is 20.7. The molecule has 1 fully saturated rings. The van der Waals surface area contributed by atoms with E-state index in [1.807, 2.05) is 0 Å². The fraction of sp³-hybridized carbons (Fsp3) is 0.400. The number of halogens is 1. The van der Waals surface area contributed by atoms with Crippen molar-refractivity contribution in [1.82, 2.24) is 9.80 Å². The highest BCUT2D eigenvalue weighted by atomic mass is 35.5. The molecule has 0 saturated heterocycles. The van der Waals surface area contributed by atoms with E-state index in [2.05, 4.69) is 0 Å². The number of ketones is 1. The average molecular weight is 503 g/mol. The molecule has 0 aliphatic heterocycles. The van der Waals surface area contributed by atoms with Gasteiger partial charge >= 0.3 is 12.1 Å². The minimum atomic E-state index is -1.22. The maximum Gasteiger partial charge on any atom is 0.415 e. The van der Waals surface area contributed by atoms with Gasteiger partial charge in [0.25, 0.3) is 12.6 Å². The van der Waals surface area contributed by atoms with Crippen LogP contribution in [0.5, 0.6) is 0 Å². The molecule has 2 amide bonds. The Bertz CT molecular complexity index is 1140. The largest absolute Gasteiger partial charge is 0.480 e. The first-order chi connectivity index (χ1) is 16.6. The van der Waals surface area contributed by atoms with Gasteiger partial charge < -0.3 is 14.7 Å². The maximum absolute atomic E-state index is 13.2. The molecule has 10 heteroatoms. The van der Waals surface area contributed by atoms with Crippen LogP contribution in [0.2, 0.25) is 5.02 Å². The number of pyridine rings is 1. The highest BCUT2D eigenvalue weighted by Crippen LogP contribution is 2.42. The number of Topliss-reactive ketones (excluding diaryl/α,β-unsaturated/α-hetero) is 1. The number of ether oxygens (including phenoxy) is 1. The Labute approximate surface area is 208 Å². The van der Waals surface area contributed by atoms with Crippen molar-refractivity contribution in [2.75, 3.05) is 14.1 Å². The summed E-state index contributed by atoms with van der Waals surface area (Å²) in [6.07, 6.45) is 4.66. The van der Waals surface area contributed by atoms with E-state index in [4.69, 9.17) is 21.4 Å². The van der Waals surface area contributed by atoms with Crippen LogP contribution in [0.4, 0.5) is 4.79 Å². The number of carboxylic acids is 1. The third-order valence-corrected chi connectivity index (χ3v) is 6.85. The first-order valence-corrected chi connectivity index (χ1v) is 11.7. The van der Waals surface area contributed by atoms with Crippen LogP contribution in [-0.4, -0.2) is 58.8 Å². The molecule has 1 aromatic heterocycles. The van der Waals surface area contributed by atoms with Gasteiger partial charge in [-0.25, -0.2) is 9.59 Å². The summed E-state index contributed by atoms with van der Waals surface area (Å²) in [7, 11) is 2.94. The number of amides is 2. The van der Waals surface area contributed by atoms with E-state index < -0.39 is 29.6 Å². The van der Waals surface area contributed by atoms with Crippen LogP contribution in [0, 0.1) is 0 Å². The van der Waals surface area contributed by atoms with E-state index in [1.165, 1.54) is 36.7 Å². The minimum Gasteiger partial charge on any atom is -0.480 e. The van der Waals surface area contributed by atoms with Gasteiger partial charge in [-0.2, -0.15) is 4.57 Å². The Hall–Kier alpha value is -3.46. The lowest BCUT2D eigenvalue weighted by molar-refractivity contribution is -0.727. The number of aromatic nitrogens is 1. The van der Waals surface area contributed by atoms with Crippen molar-refractivity contribution in [2.24, 2.45) is 0 Å². The molecule has 1 aliphatic carbocycles. The van der Waals surface area contributed by atoms with E-state index in [0.717, 1.165) is 17.7 Å². The molecule has 35 heavy (non-hydrogen) atoms. The molecule has 3 rings (SSSR count). The number of rotatable bonds is 7. The van der Waals surface area contributed by atoms with E-state index >= 15 is 0 Å². The molecule has 0 spiro atoms. The number of aliphatic carboxylic acids is 1. The second kappa shape index (κ2) is 10.9. The quantitative estimate of drug-likeness (QED) is 0.582. The van der Waals surface area contributed by atoms with Gasteiger partial charge in [-0.15, -0.1) is 0 Å². The number of carbonyl (C=O) groups is 4. The Morgan fingerprint density at radius 2 is 1.89 bits per heavy atom. The molecular formula is C25H29ClN3O6+. The monoisotopic (exact) mass is 502 g/mol. The number of hydrogen-bond donors (Lipinski definition) is 1. The zero-order valence-electron chi connectivity index (χ0n) is 19.9. The lowest BCUT2D eigenvalue weighted by Crippen LogP contribution is -2.55. The molecule has 1 aromatic carbocycles. The van der Waals surface area contributed by atoms with Crippen LogP contribution in [0.25, 0.3) is 0 Å². The van der Waals surface area contributed by atoms with E-state index in [-0.39, 0.29) is 18.1 Å². The zero-order chi connectivity index (χ0) is 25.8. The topological polar surface area (TPSA) is 108 Å². The summed E-state index contributed by atoms with van der Waals surface area (Å²) in [5.74, 6) is -1.69. The third-order valence-electron chi connectivity index (χ3n) is 6.52. The SMILES string of the molecule is C[C@@H](C(=O)O)N(C)C(=O)c1ccc[n+](COC(=O)N(C)C2(c3ccccc3Cl)CCCCC2=O)c1. The van der Waals surface area contributed by atoms with Crippen LogP contribution in [0.1, 0.15) is 48.5 Å². The molecular weight excluding hydrogens is 474 g/mol. The van der Waals surface area contributed by atoms with Crippen molar-refractivity contribution in [3.63, 3.8) is 0 Å². The first kappa shape index (κ1) is 26.2. The molecule has 186 valence electrons. The molecule has 0 radical (unpaired) electrons. The lowest BCUT2D eigenvalue weighted by Gasteiger charge is -2.43. The van der Waals surface area contributed by atoms with Crippen LogP contribution < -0.4 is 4.57 Å². The van der Waals surface area contributed by atoms with Gasteiger partial charge in [0.05, 0.1) is 0 Å². The standard InChI is InChI=1S/C25H28ClN3O6/c1-17(23(32)33)27(2)22(31)18-9-8-14-29(15-18)16-35-24(34)28(3)25(13-7-6-12-21(25)30)19-10-4-5-11-20(19)26/h4-5,8-11,14-15,17H,6-7,12-13,16H2,1-3H3/p+1/t17-,25?/m0/s1. The van der Waals surface area contributed by atoms with Gasteiger partial charge in [-0.05, 0) is 38.3 Å². The Morgan fingerprint density at radius 3 is 2.54 bits per heavy atom. The Balaban J connectivity index is 1.78. The number of nitrogens with zero attached hydrogens (tertiary/aromatic N) is 3. The Morgan fingerprint density at radius 1 is 1.17 bits per heavy atom. The summed E-state index contributed by atoms with van der Waals surface area (Å²) in [6.45, 7) is 1.20. The van der Waals surface area contributed by atoms with Crippen LogP contribution >= 0.6 is 11.6 Å². The molecule has 0 bridgehead atoms. The third kappa shape index (κ3) is 5.30. The van der Waals surface area contributed by atoms with Crippen LogP contribution in [0.3, 0.4) is 0 Å². The van der Waals surface area contributed by atoms with Gasteiger partial charge in [0, 0.05) is 37.2 Å². The number of hydrogen-bond acceptors (Lipinski definition) is 5. The summed E-state index contributed by atoms with van der Waals surface area (Å²) in [5.41, 5.74) is -0.407. The number of carbonyl (C=O) groups excluding carboxylic acids is 3. The van der Waals surface area contributed by atoms with Crippen molar-refractivity contribution in [2.45, 2.75) is 50.9 Å². The van der Waals surface area contributed by atoms with Crippen LogP contribution in [0.15, 0.2) is 48.8 Å². The van der Waals surface area contributed by atoms with E-state index in [0.29, 0.717) is 23.4 Å². The second-order valence-electron chi connectivity index (χ2n) is 8.61. The highest BCUT2D eigenvalue weighted by Gasteiger charge is 2.48. The number of benzene rings is 1. The van der Waals surface area contributed by atoms with E-state index in [1.54, 1.807) is 42.6 Å².